The Bertz CT molecular complexity index is 427. The Balaban J connectivity index is 2.61. The third-order valence-corrected chi connectivity index (χ3v) is 2.15. The maximum atomic E-state index is 9.35. The van der Waals surface area contributed by atoms with Crippen LogP contribution in [0.4, 0.5) is 0 Å². The van der Waals surface area contributed by atoms with Crippen LogP contribution in [0.2, 0.25) is 0 Å². The van der Waals surface area contributed by atoms with Crippen LogP contribution in [0.5, 0.6) is 0 Å². The second kappa shape index (κ2) is 2.89. The van der Waals surface area contributed by atoms with Crippen molar-refractivity contribution in [3.63, 3.8) is 0 Å². The normalized spacial score (nSPS) is 13.5. The highest BCUT2D eigenvalue weighted by molar-refractivity contribution is 5.78. The van der Waals surface area contributed by atoms with Gasteiger partial charge in [-0.05, 0) is 31.5 Å². The van der Waals surface area contributed by atoms with Crippen molar-refractivity contribution in [3.8, 4) is 0 Å². The summed E-state index contributed by atoms with van der Waals surface area (Å²) in [6.07, 6.45) is -0.435. The number of aliphatic hydroxyl groups excluding tert-OH is 1. The number of hydrogen-bond donors (Lipinski definition) is 1. The van der Waals surface area contributed by atoms with E-state index in [2.05, 4.69) is 0 Å². The molecule has 0 aliphatic heterocycles. The topological polar surface area (TPSA) is 33.4 Å². The maximum absolute atomic E-state index is 9.35. The van der Waals surface area contributed by atoms with Gasteiger partial charge in [-0.1, -0.05) is 12.1 Å². The molecule has 2 aromatic rings. The molecule has 0 amide bonds. The predicted molar refractivity (Wildman–Crippen MR) is 51.6 cm³/mol. The van der Waals surface area contributed by atoms with Crippen LogP contribution in [-0.2, 0) is 0 Å². The number of furan rings is 1. The Morgan fingerprint density at radius 2 is 2.08 bits per heavy atom. The van der Waals surface area contributed by atoms with Crippen LogP contribution in [-0.4, -0.2) is 5.11 Å². The molecule has 0 spiro atoms. The quantitative estimate of drug-likeness (QED) is 0.724. The molecule has 0 saturated heterocycles. The average molecular weight is 176 g/mol. The number of benzene rings is 1. The minimum Gasteiger partial charge on any atom is -0.461 e. The van der Waals surface area contributed by atoms with Gasteiger partial charge in [0.05, 0.1) is 6.10 Å². The van der Waals surface area contributed by atoms with Gasteiger partial charge in [-0.15, -0.1) is 0 Å². The van der Waals surface area contributed by atoms with Crippen LogP contribution in [0, 0.1) is 6.92 Å². The summed E-state index contributed by atoms with van der Waals surface area (Å²) in [5, 5.41) is 10.4. The molecule has 1 heterocycles. The summed E-state index contributed by atoms with van der Waals surface area (Å²) in [5.41, 5.74) is 1.73. The Kier molecular flexibility index (Phi) is 1.85. The van der Waals surface area contributed by atoms with Crippen LogP contribution in [0.1, 0.15) is 24.4 Å². The van der Waals surface area contributed by atoms with Crippen LogP contribution >= 0.6 is 0 Å². The molecule has 13 heavy (non-hydrogen) atoms. The van der Waals surface area contributed by atoms with Crippen molar-refractivity contribution in [2.45, 2.75) is 20.0 Å². The van der Waals surface area contributed by atoms with Crippen LogP contribution in [0.15, 0.2) is 28.7 Å². The molecule has 1 aromatic carbocycles. The van der Waals surface area contributed by atoms with Crippen LogP contribution in [0.3, 0.4) is 0 Å². The first kappa shape index (κ1) is 8.32. The smallest absolute Gasteiger partial charge is 0.134 e. The number of fused-ring (bicyclic) bond motifs is 1. The first-order chi connectivity index (χ1) is 6.16. The van der Waals surface area contributed by atoms with Gasteiger partial charge in [-0.25, -0.2) is 0 Å². The summed E-state index contributed by atoms with van der Waals surface area (Å²) in [5.74, 6) is 0.901. The second-order valence-corrected chi connectivity index (χ2v) is 3.33. The van der Waals surface area contributed by atoms with Gasteiger partial charge in [0, 0.05) is 5.39 Å². The summed E-state index contributed by atoms with van der Waals surface area (Å²) in [4.78, 5) is 0. The fourth-order valence-electron chi connectivity index (χ4n) is 1.44. The average Bonchev–Trinajstić information content (AvgIpc) is 2.42. The lowest BCUT2D eigenvalue weighted by Crippen LogP contribution is -1.88. The highest BCUT2D eigenvalue weighted by atomic mass is 16.3. The van der Waals surface area contributed by atoms with Crippen molar-refractivity contribution in [1.29, 1.82) is 0 Å². The second-order valence-electron chi connectivity index (χ2n) is 3.33. The highest BCUT2D eigenvalue weighted by Gasteiger charge is 2.04. The fraction of sp³-hybridized carbons (Fsp3) is 0.273. The van der Waals surface area contributed by atoms with Crippen molar-refractivity contribution < 1.29 is 9.52 Å². The zero-order valence-corrected chi connectivity index (χ0v) is 7.74. The van der Waals surface area contributed by atoms with Gasteiger partial charge in [-0.3, -0.25) is 0 Å². The SMILES string of the molecule is Cc1cc2ccc(C(C)O)cc2o1. The minimum atomic E-state index is -0.435. The molecule has 0 aliphatic carbocycles. The molecular weight excluding hydrogens is 164 g/mol. The van der Waals surface area contributed by atoms with E-state index >= 15 is 0 Å². The third-order valence-electron chi connectivity index (χ3n) is 2.15. The zero-order chi connectivity index (χ0) is 9.42. The maximum Gasteiger partial charge on any atom is 0.134 e. The predicted octanol–water partition coefficient (Wildman–Crippen LogP) is 2.79. The summed E-state index contributed by atoms with van der Waals surface area (Å²) < 4.78 is 5.45. The number of aliphatic hydroxyl groups is 1. The van der Waals surface area contributed by atoms with E-state index < -0.39 is 6.10 Å². The Labute approximate surface area is 76.8 Å². The van der Waals surface area contributed by atoms with Crippen LogP contribution < -0.4 is 0 Å². The number of aryl methyl sites for hydroxylation is 1. The van der Waals surface area contributed by atoms with Gasteiger partial charge in [0.15, 0.2) is 0 Å². The Morgan fingerprint density at radius 1 is 1.31 bits per heavy atom. The van der Waals surface area contributed by atoms with Crippen molar-refractivity contribution >= 4 is 11.0 Å². The summed E-state index contributed by atoms with van der Waals surface area (Å²) >= 11 is 0. The number of hydrogen-bond acceptors (Lipinski definition) is 2. The Morgan fingerprint density at radius 3 is 2.77 bits per heavy atom. The zero-order valence-electron chi connectivity index (χ0n) is 7.74. The van der Waals surface area contributed by atoms with Gasteiger partial charge >= 0.3 is 0 Å². The lowest BCUT2D eigenvalue weighted by Gasteiger charge is -2.02. The molecule has 0 radical (unpaired) electrons. The molecule has 0 aliphatic rings. The van der Waals surface area contributed by atoms with Gasteiger partial charge in [0.1, 0.15) is 11.3 Å². The summed E-state index contributed by atoms with van der Waals surface area (Å²) in [6, 6.07) is 7.75. The van der Waals surface area contributed by atoms with E-state index in [1.54, 1.807) is 6.92 Å². The summed E-state index contributed by atoms with van der Waals surface area (Å²) in [7, 11) is 0. The van der Waals surface area contributed by atoms with Gasteiger partial charge in [0.2, 0.25) is 0 Å². The van der Waals surface area contributed by atoms with E-state index in [1.807, 2.05) is 31.2 Å². The van der Waals surface area contributed by atoms with Crippen molar-refractivity contribution in [2.75, 3.05) is 0 Å². The first-order valence-electron chi connectivity index (χ1n) is 4.35. The van der Waals surface area contributed by atoms with Gasteiger partial charge in [-0.2, -0.15) is 0 Å². The molecule has 1 atom stereocenters. The van der Waals surface area contributed by atoms with E-state index in [9.17, 15) is 5.11 Å². The summed E-state index contributed by atoms with van der Waals surface area (Å²) in [6.45, 7) is 3.67. The lowest BCUT2D eigenvalue weighted by atomic mass is 10.1. The molecule has 0 bridgehead atoms. The van der Waals surface area contributed by atoms with Gasteiger partial charge < -0.3 is 9.52 Å². The first-order valence-corrected chi connectivity index (χ1v) is 4.35. The fourth-order valence-corrected chi connectivity index (χ4v) is 1.44. The van der Waals surface area contributed by atoms with E-state index in [0.717, 1.165) is 22.3 Å². The van der Waals surface area contributed by atoms with Gasteiger partial charge in [0.25, 0.3) is 0 Å². The highest BCUT2D eigenvalue weighted by Crippen LogP contribution is 2.22. The molecule has 2 heteroatoms. The van der Waals surface area contributed by atoms with Crippen molar-refractivity contribution in [3.05, 3.63) is 35.6 Å². The van der Waals surface area contributed by atoms with Crippen molar-refractivity contribution in [1.82, 2.24) is 0 Å². The molecule has 1 N–H and O–H groups in total. The monoisotopic (exact) mass is 176 g/mol. The molecule has 0 saturated carbocycles. The Hall–Kier alpha value is -1.28. The van der Waals surface area contributed by atoms with E-state index in [-0.39, 0.29) is 0 Å². The molecule has 0 fully saturated rings. The number of rotatable bonds is 1. The van der Waals surface area contributed by atoms with Crippen molar-refractivity contribution in [2.24, 2.45) is 0 Å². The minimum absolute atomic E-state index is 0.435. The molecular formula is C11H12O2. The van der Waals surface area contributed by atoms with Crippen LogP contribution in [0.25, 0.3) is 11.0 Å². The van der Waals surface area contributed by atoms with E-state index in [1.165, 1.54) is 0 Å². The van der Waals surface area contributed by atoms with E-state index in [4.69, 9.17) is 4.42 Å². The molecule has 68 valence electrons. The molecule has 2 nitrogen and oxygen atoms in total. The van der Waals surface area contributed by atoms with E-state index in [0.29, 0.717) is 0 Å². The largest absolute Gasteiger partial charge is 0.461 e. The standard InChI is InChI=1S/C11H12O2/c1-7-5-10-4-3-9(8(2)12)6-11(10)13-7/h3-6,8,12H,1-2H3. The third kappa shape index (κ3) is 1.45. The molecule has 2 rings (SSSR count). The lowest BCUT2D eigenvalue weighted by molar-refractivity contribution is 0.199. The molecule has 1 aromatic heterocycles. The molecule has 1 unspecified atom stereocenters.